The Morgan fingerprint density at radius 2 is 1.15 bits per heavy atom. The number of Topliss-reactive ketones (excluding diaryl/α,β-unsaturated/α-hetero) is 1. The van der Waals surface area contributed by atoms with Crippen molar-refractivity contribution < 1.29 is 43.3 Å². The molecule has 8 saturated heterocycles. The molecule has 2 spiro atoms. The smallest absolute Gasteiger partial charge is 0.201 e. The second-order valence-corrected chi connectivity index (χ2v) is 15.4. The van der Waals surface area contributed by atoms with Gasteiger partial charge >= 0.3 is 0 Å². The highest BCUT2D eigenvalue weighted by atomic mass is 17.3. The molecule has 10 fully saturated rings. The van der Waals surface area contributed by atoms with Gasteiger partial charge in [0.2, 0.25) is 11.6 Å². The third kappa shape index (κ3) is 3.73. The van der Waals surface area contributed by atoms with Crippen LogP contribution in [0.4, 0.5) is 0 Å². The van der Waals surface area contributed by atoms with Crippen molar-refractivity contribution in [3.63, 3.8) is 0 Å². The Morgan fingerprint density at radius 3 is 1.71 bits per heavy atom. The first-order valence-electron chi connectivity index (χ1n) is 16.4. The molecule has 41 heavy (non-hydrogen) atoms. The highest BCUT2D eigenvalue weighted by Crippen LogP contribution is 2.62. The van der Waals surface area contributed by atoms with Crippen LogP contribution in [-0.2, 0) is 43.3 Å². The minimum atomic E-state index is -0.857. The first kappa shape index (κ1) is 27.9. The van der Waals surface area contributed by atoms with Crippen LogP contribution in [0.25, 0.3) is 0 Å². The van der Waals surface area contributed by atoms with Crippen molar-refractivity contribution in [2.45, 2.75) is 147 Å². The van der Waals surface area contributed by atoms with Crippen molar-refractivity contribution in [2.24, 2.45) is 47.3 Å². The van der Waals surface area contributed by atoms with Crippen LogP contribution in [-0.4, -0.2) is 53.3 Å². The van der Waals surface area contributed by atoms with Crippen molar-refractivity contribution in [3.8, 4) is 0 Å². The van der Waals surface area contributed by atoms with E-state index in [1.807, 2.05) is 13.8 Å². The molecule has 8 heterocycles. The van der Waals surface area contributed by atoms with E-state index in [-0.39, 0.29) is 47.9 Å². The highest BCUT2D eigenvalue weighted by molar-refractivity contribution is 5.84. The summed E-state index contributed by atoms with van der Waals surface area (Å²) in [6.07, 6.45) is 5.99. The molecule has 0 aromatic carbocycles. The number of hydrogen-bond donors (Lipinski definition) is 0. The van der Waals surface area contributed by atoms with Gasteiger partial charge in [0.15, 0.2) is 29.6 Å². The lowest BCUT2D eigenvalue weighted by Gasteiger charge is -2.61. The first-order valence-corrected chi connectivity index (χ1v) is 16.4. The van der Waals surface area contributed by atoms with E-state index in [1.54, 1.807) is 0 Å². The van der Waals surface area contributed by atoms with E-state index in [0.29, 0.717) is 17.8 Å². The Hall–Kier alpha value is -0.650. The number of ketones is 1. The fraction of sp³-hybridized carbons (Fsp3) is 0.969. The topological polar surface area (TPSA) is 90.9 Å². The molecule has 0 aromatic rings. The quantitative estimate of drug-likeness (QED) is 0.407. The highest BCUT2D eigenvalue weighted by Gasteiger charge is 2.71. The Morgan fingerprint density at radius 1 is 0.634 bits per heavy atom. The molecule has 2 unspecified atom stereocenters. The number of rotatable bonds is 3. The largest absolute Gasteiger partial charge is 0.345 e. The van der Waals surface area contributed by atoms with Crippen LogP contribution in [0.1, 0.15) is 99.3 Å². The molecular formula is C32H48O9. The SMILES string of the molecule is C[C@H]1[C@@H](C(=O)C[C@H]2O[C@@H]3OC4(C)CC[C@H]5[C@H](C)CC[C@@H]([C@H]2C)[C@@]35OO4)O[C@@H]2OC3(C)CC[C@H]4[C@H](C)CC[C@@H]1[C@@]24OO3. The van der Waals surface area contributed by atoms with Crippen LogP contribution >= 0.6 is 0 Å². The molecule has 4 bridgehead atoms. The fourth-order valence-electron chi connectivity index (χ4n) is 10.8. The van der Waals surface area contributed by atoms with Crippen LogP contribution < -0.4 is 0 Å². The first-order chi connectivity index (χ1) is 19.5. The molecule has 10 aliphatic rings. The molecule has 9 nitrogen and oxygen atoms in total. The molecule has 0 radical (unpaired) electrons. The maximum absolute atomic E-state index is 14.2. The molecule has 9 heteroatoms. The van der Waals surface area contributed by atoms with Crippen molar-refractivity contribution in [3.05, 3.63) is 0 Å². The third-order valence-corrected chi connectivity index (χ3v) is 13.2. The maximum atomic E-state index is 14.2. The van der Waals surface area contributed by atoms with Gasteiger partial charge in [-0.2, -0.15) is 0 Å². The second kappa shape index (κ2) is 9.19. The predicted octanol–water partition coefficient (Wildman–Crippen LogP) is 5.45. The molecule has 0 amide bonds. The van der Waals surface area contributed by atoms with Crippen LogP contribution in [0, 0.1) is 47.3 Å². The van der Waals surface area contributed by atoms with Gasteiger partial charge in [-0.15, -0.1) is 0 Å². The standard InChI is InChI=1S/C32H48O9/c1-16-7-9-22-18(3)25(34-27-31(22)20(16)11-13-29(5,36-27)38-40-31)15-24(33)26-19(4)23-10-8-17(2)21-12-14-30(6)37-28(35-26)32(21,23)41-39-30/h16-23,25-28H,7-15H2,1-6H3/t16-,17-,18-,19-,20+,21+,22+,23+,25-,26+,27-,28-,29?,30?,31-,32-/m1/s1. The van der Waals surface area contributed by atoms with Gasteiger partial charge in [0.05, 0.1) is 6.10 Å². The van der Waals surface area contributed by atoms with Crippen molar-refractivity contribution in [2.75, 3.05) is 0 Å². The Labute approximate surface area is 243 Å². The van der Waals surface area contributed by atoms with Crippen LogP contribution in [0.3, 0.4) is 0 Å². The fourth-order valence-corrected chi connectivity index (χ4v) is 10.8. The average Bonchev–Trinajstić information content (AvgIpc) is 3.31. The summed E-state index contributed by atoms with van der Waals surface area (Å²) in [5, 5.41) is 0. The number of hydrogen-bond acceptors (Lipinski definition) is 9. The molecule has 8 aliphatic heterocycles. The molecule has 16 atom stereocenters. The number of carbonyl (C=O) groups excluding carboxylic acids is 1. The summed E-state index contributed by atoms with van der Waals surface area (Å²) in [5.74, 6) is 0.382. The molecule has 2 aliphatic carbocycles. The molecule has 10 rings (SSSR count). The van der Waals surface area contributed by atoms with E-state index in [4.69, 9.17) is 38.5 Å². The van der Waals surface area contributed by atoms with Gasteiger partial charge in [-0.1, -0.05) is 27.7 Å². The second-order valence-electron chi connectivity index (χ2n) is 15.4. The number of ether oxygens (including phenoxy) is 4. The van der Waals surface area contributed by atoms with Gasteiger partial charge in [0.25, 0.3) is 0 Å². The molecule has 2 saturated carbocycles. The van der Waals surface area contributed by atoms with Crippen LogP contribution in [0.5, 0.6) is 0 Å². The molecule has 0 aromatic heterocycles. The Bertz CT molecular complexity index is 1090. The van der Waals surface area contributed by atoms with E-state index in [9.17, 15) is 4.79 Å². The zero-order chi connectivity index (χ0) is 28.5. The van der Waals surface area contributed by atoms with E-state index in [2.05, 4.69) is 27.7 Å². The number of fused-ring (bicyclic) bond motifs is 4. The summed E-state index contributed by atoms with van der Waals surface area (Å²) >= 11 is 0. The van der Waals surface area contributed by atoms with Gasteiger partial charge < -0.3 is 18.9 Å². The van der Waals surface area contributed by atoms with E-state index in [0.717, 1.165) is 51.4 Å². The third-order valence-electron chi connectivity index (χ3n) is 13.2. The molecule has 0 N–H and O–H groups in total. The zero-order valence-electron chi connectivity index (χ0n) is 25.5. The van der Waals surface area contributed by atoms with E-state index >= 15 is 0 Å². The Kier molecular flexibility index (Phi) is 6.25. The van der Waals surface area contributed by atoms with E-state index < -0.39 is 41.5 Å². The summed E-state index contributed by atoms with van der Waals surface area (Å²) < 4.78 is 26.5. The van der Waals surface area contributed by atoms with Crippen molar-refractivity contribution >= 4 is 5.78 Å². The minimum absolute atomic E-state index is 0.0191. The van der Waals surface area contributed by atoms with Crippen molar-refractivity contribution in [1.82, 2.24) is 0 Å². The predicted molar refractivity (Wildman–Crippen MR) is 143 cm³/mol. The summed E-state index contributed by atoms with van der Waals surface area (Å²) in [5.41, 5.74) is -1.29. The van der Waals surface area contributed by atoms with Crippen molar-refractivity contribution in [1.29, 1.82) is 0 Å². The lowest BCUT2D eigenvalue weighted by atomic mass is 9.56. The van der Waals surface area contributed by atoms with Gasteiger partial charge in [0.1, 0.15) is 6.10 Å². The zero-order valence-corrected chi connectivity index (χ0v) is 25.5. The van der Waals surface area contributed by atoms with E-state index in [1.165, 1.54) is 0 Å². The maximum Gasteiger partial charge on any atom is 0.201 e. The molecule has 230 valence electrons. The normalized spacial score (nSPS) is 60.9. The van der Waals surface area contributed by atoms with Gasteiger partial charge in [-0.05, 0) is 87.9 Å². The lowest BCUT2D eigenvalue weighted by Crippen LogP contribution is -2.71. The average molecular weight is 577 g/mol. The van der Waals surface area contributed by atoms with Crippen LogP contribution in [0.15, 0.2) is 0 Å². The molecular weight excluding hydrogens is 528 g/mol. The lowest BCUT2D eigenvalue weighted by molar-refractivity contribution is -0.571. The minimum Gasteiger partial charge on any atom is -0.345 e. The Balaban J connectivity index is 1.06. The van der Waals surface area contributed by atoms with Gasteiger partial charge in [-0.25, -0.2) is 19.6 Å². The summed E-state index contributed by atoms with van der Waals surface area (Å²) in [6, 6.07) is 0. The summed E-state index contributed by atoms with van der Waals surface area (Å²) in [6.45, 7) is 12.9. The van der Waals surface area contributed by atoms with Gasteiger partial charge in [0, 0.05) is 31.1 Å². The van der Waals surface area contributed by atoms with Crippen LogP contribution in [0.2, 0.25) is 0 Å². The summed E-state index contributed by atoms with van der Waals surface area (Å²) in [7, 11) is 0. The number of carbonyl (C=O) groups is 1. The van der Waals surface area contributed by atoms with Gasteiger partial charge in [-0.3, -0.25) is 4.79 Å². The summed E-state index contributed by atoms with van der Waals surface area (Å²) in [4.78, 5) is 38.8. The monoisotopic (exact) mass is 576 g/mol.